The van der Waals surface area contributed by atoms with Crippen LogP contribution in [0.15, 0.2) is 50.1 Å². The van der Waals surface area contributed by atoms with Crippen molar-refractivity contribution in [3.05, 3.63) is 50.6 Å². The van der Waals surface area contributed by atoms with Gasteiger partial charge in [-0.1, -0.05) is 12.1 Å². The third-order valence-corrected chi connectivity index (χ3v) is 6.38. The fraction of sp³-hybridized carbons (Fsp3) is 0.353. The summed E-state index contributed by atoms with van der Waals surface area (Å²) in [7, 11) is 0.631. The molecule has 1 N–H and O–H groups in total. The average molecular weight is 572 g/mol. The third kappa shape index (κ3) is 7.16. The van der Waals surface area contributed by atoms with Gasteiger partial charge in [-0.3, -0.25) is 4.99 Å². The SMILES string of the molecule is CN=C(NCCc1ccc(S(C)(=O)=O)cc1)N(C)Cc1ccc(Br)s1.I. The molecule has 1 heterocycles. The summed E-state index contributed by atoms with van der Waals surface area (Å²) in [5.41, 5.74) is 1.08. The summed E-state index contributed by atoms with van der Waals surface area (Å²) in [6.45, 7) is 1.52. The summed E-state index contributed by atoms with van der Waals surface area (Å²) in [4.78, 5) is 8.00. The Bertz CT molecular complexity index is 836. The second-order valence-corrected chi connectivity index (χ2v) is 10.3. The van der Waals surface area contributed by atoms with Gasteiger partial charge in [0.2, 0.25) is 0 Å². The van der Waals surface area contributed by atoms with Crippen LogP contribution in [0.4, 0.5) is 0 Å². The fourth-order valence-corrected chi connectivity index (χ4v) is 4.52. The highest BCUT2D eigenvalue weighted by Crippen LogP contribution is 2.22. The van der Waals surface area contributed by atoms with Gasteiger partial charge < -0.3 is 10.2 Å². The highest BCUT2D eigenvalue weighted by molar-refractivity contribution is 14.0. The number of hydrogen-bond donors (Lipinski definition) is 1. The molecule has 0 saturated carbocycles. The number of halogens is 2. The maximum absolute atomic E-state index is 11.5. The van der Waals surface area contributed by atoms with E-state index in [4.69, 9.17) is 0 Å². The van der Waals surface area contributed by atoms with E-state index in [9.17, 15) is 8.42 Å². The van der Waals surface area contributed by atoms with E-state index in [2.05, 4.69) is 37.2 Å². The van der Waals surface area contributed by atoms with Gasteiger partial charge in [-0.05, 0) is 52.2 Å². The molecule has 0 saturated heterocycles. The largest absolute Gasteiger partial charge is 0.356 e. The summed E-state index contributed by atoms with van der Waals surface area (Å²) < 4.78 is 24.1. The van der Waals surface area contributed by atoms with Crippen LogP contribution in [0.3, 0.4) is 0 Å². The van der Waals surface area contributed by atoms with Crippen molar-refractivity contribution in [2.75, 3.05) is 26.9 Å². The molecule has 0 bridgehead atoms. The van der Waals surface area contributed by atoms with Gasteiger partial charge in [0.15, 0.2) is 15.8 Å². The Labute approximate surface area is 185 Å². The molecule has 9 heteroatoms. The van der Waals surface area contributed by atoms with Crippen LogP contribution in [0.5, 0.6) is 0 Å². The third-order valence-electron chi connectivity index (χ3n) is 3.64. The Balaban J connectivity index is 0.00000338. The second kappa shape index (κ2) is 10.6. The maximum atomic E-state index is 11.5. The summed E-state index contributed by atoms with van der Waals surface area (Å²) in [5.74, 6) is 0.831. The monoisotopic (exact) mass is 571 g/mol. The van der Waals surface area contributed by atoms with Crippen LogP contribution in [-0.2, 0) is 22.8 Å². The van der Waals surface area contributed by atoms with Gasteiger partial charge >= 0.3 is 0 Å². The van der Waals surface area contributed by atoms with E-state index < -0.39 is 9.84 Å². The predicted octanol–water partition coefficient (Wildman–Crippen LogP) is 3.78. The number of guanidine groups is 1. The van der Waals surface area contributed by atoms with Crippen LogP contribution >= 0.6 is 51.2 Å². The lowest BCUT2D eigenvalue weighted by molar-refractivity contribution is 0.482. The molecule has 1 aromatic carbocycles. The zero-order valence-electron chi connectivity index (χ0n) is 14.9. The van der Waals surface area contributed by atoms with Crippen LogP contribution < -0.4 is 5.32 Å². The first kappa shape index (κ1) is 23.4. The van der Waals surface area contributed by atoms with Crippen molar-refractivity contribution in [1.29, 1.82) is 0 Å². The highest BCUT2D eigenvalue weighted by atomic mass is 127. The first-order chi connectivity index (χ1) is 11.8. The molecule has 0 spiro atoms. The summed E-state index contributed by atoms with van der Waals surface area (Å²) >= 11 is 5.19. The average Bonchev–Trinajstić information content (AvgIpc) is 2.96. The molecule has 0 amide bonds. The summed E-state index contributed by atoms with van der Waals surface area (Å²) in [5, 5.41) is 3.34. The quantitative estimate of drug-likeness (QED) is 0.326. The Kier molecular flexibility index (Phi) is 9.56. The van der Waals surface area contributed by atoms with E-state index in [0.29, 0.717) is 4.90 Å². The molecule has 5 nitrogen and oxygen atoms in total. The second-order valence-electron chi connectivity index (χ2n) is 5.70. The van der Waals surface area contributed by atoms with Crippen molar-refractivity contribution < 1.29 is 8.42 Å². The standard InChI is InChI=1S/C17H22BrN3O2S2.HI/c1-19-17(21(2)12-14-6-9-16(18)24-14)20-11-10-13-4-7-15(8-5-13)25(3,22)23;/h4-9H,10-12H2,1-3H3,(H,19,20);1H. The molecule has 0 unspecified atom stereocenters. The molecular formula is C17H23BrIN3O2S2. The number of hydrogen-bond acceptors (Lipinski definition) is 4. The lowest BCUT2D eigenvalue weighted by Gasteiger charge is -2.21. The number of rotatable bonds is 6. The molecule has 0 fully saturated rings. The van der Waals surface area contributed by atoms with E-state index in [1.807, 2.05) is 25.2 Å². The Hall–Kier alpha value is -0.650. The smallest absolute Gasteiger partial charge is 0.193 e. The Morgan fingerprint density at radius 3 is 2.38 bits per heavy atom. The van der Waals surface area contributed by atoms with Gasteiger partial charge in [0.1, 0.15) is 0 Å². The number of nitrogens with zero attached hydrogens (tertiary/aromatic N) is 2. The van der Waals surface area contributed by atoms with E-state index in [1.54, 1.807) is 30.5 Å². The lowest BCUT2D eigenvalue weighted by atomic mass is 10.1. The lowest BCUT2D eigenvalue weighted by Crippen LogP contribution is -2.39. The Morgan fingerprint density at radius 2 is 1.88 bits per heavy atom. The normalized spacial score (nSPS) is 11.8. The van der Waals surface area contributed by atoms with Crippen molar-refractivity contribution in [3.63, 3.8) is 0 Å². The van der Waals surface area contributed by atoms with Gasteiger partial charge in [-0.25, -0.2) is 8.42 Å². The van der Waals surface area contributed by atoms with Crippen LogP contribution in [-0.4, -0.2) is 46.2 Å². The van der Waals surface area contributed by atoms with Crippen molar-refractivity contribution in [2.24, 2.45) is 4.99 Å². The minimum atomic E-state index is -3.14. The molecular weight excluding hydrogens is 549 g/mol. The summed E-state index contributed by atoms with van der Waals surface area (Å²) in [6, 6.07) is 11.2. The molecule has 0 aliphatic rings. The van der Waals surface area contributed by atoms with Crippen LogP contribution in [0.1, 0.15) is 10.4 Å². The molecule has 0 radical (unpaired) electrons. The predicted molar refractivity (Wildman–Crippen MR) is 124 cm³/mol. The van der Waals surface area contributed by atoms with Gasteiger partial charge in [-0.15, -0.1) is 35.3 Å². The fourth-order valence-electron chi connectivity index (χ4n) is 2.35. The summed E-state index contributed by atoms with van der Waals surface area (Å²) in [6.07, 6.45) is 2.01. The topological polar surface area (TPSA) is 61.8 Å². The minimum Gasteiger partial charge on any atom is -0.356 e. The van der Waals surface area contributed by atoms with E-state index in [-0.39, 0.29) is 24.0 Å². The number of sulfone groups is 1. The minimum absolute atomic E-state index is 0. The first-order valence-electron chi connectivity index (χ1n) is 7.74. The molecule has 2 rings (SSSR count). The van der Waals surface area contributed by atoms with Gasteiger partial charge in [0.25, 0.3) is 0 Å². The molecule has 144 valence electrons. The zero-order chi connectivity index (χ0) is 18.4. The first-order valence-corrected chi connectivity index (χ1v) is 11.2. The highest BCUT2D eigenvalue weighted by Gasteiger charge is 2.09. The van der Waals surface area contributed by atoms with Crippen molar-refractivity contribution in [1.82, 2.24) is 10.2 Å². The molecule has 0 aliphatic heterocycles. The van der Waals surface area contributed by atoms with Crippen LogP contribution in [0.25, 0.3) is 0 Å². The molecule has 26 heavy (non-hydrogen) atoms. The maximum Gasteiger partial charge on any atom is 0.193 e. The number of nitrogens with one attached hydrogen (secondary N) is 1. The van der Waals surface area contributed by atoms with Gasteiger partial charge in [0, 0.05) is 31.8 Å². The van der Waals surface area contributed by atoms with Crippen molar-refractivity contribution in [3.8, 4) is 0 Å². The van der Waals surface area contributed by atoms with Gasteiger partial charge in [-0.2, -0.15) is 0 Å². The van der Waals surface area contributed by atoms with E-state index in [0.717, 1.165) is 34.8 Å². The zero-order valence-corrected chi connectivity index (χ0v) is 20.4. The van der Waals surface area contributed by atoms with E-state index >= 15 is 0 Å². The number of benzene rings is 1. The van der Waals surface area contributed by atoms with Crippen LogP contribution in [0.2, 0.25) is 0 Å². The number of aliphatic imine (C=N–C) groups is 1. The van der Waals surface area contributed by atoms with E-state index in [1.165, 1.54) is 11.1 Å². The molecule has 2 aromatic rings. The molecule has 0 aliphatic carbocycles. The van der Waals surface area contributed by atoms with Crippen molar-refractivity contribution >= 4 is 67.0 Å². The number of thiophene rings is 1. The van der Waals surface area contributed by atoms with Gasteiger partial charge in [0.05, 0.1) is 15.2 Å². The van der Waals surface area contributed by atoms with Crippen molar-refractivity contribution in [2.45, 2.75) is 17.9 Å². The van der Waals surface area contributed by atoms with Crippen LogP contribution in [0, 0.1) is 0 Å². The molecule has 0 atom stereocenters. The Morgan fingerprint density at radius 1 is 1.23 bits per heavy atom. The molecule has 1 aromatic heterocycles.